The quantitative estimate of drug-likeness (QED) is 0.875. The molecule has 1 N–H and O–H groups in total. The summed E-state index contributed by atoms with van der Waals surface area (Å²) in [5, 5.41) is 7.25. The molecule has 7 nitrogen and oxygen atoms in total. The van der Waals surface area contributed by atoms with Gasteiger partial charge in [-0.2, -0.15) is 5.10 Å². The number of carbonyl (C=O) groups is 1. The lowest BCUT2D eigenvalue weighted by molar-refractivity contribution is 0.0519. The number of nitrogens with one attached hydrogen (secondary N) is 1. The average Bonchev–Trinajstić information content (AvgIpc) is 2.57. The number of hydrogen-bond acceptors (Lipinski definition) is 4. The van der Waals surface area contributed by atoms with Gasteiger partial charge in [-0.05, 0) is 31.7 Å². The van der Waals surface area contributed by atoms with Crippen LogP contribution in [0.3, 0.4) is 0 Å². The van der Waals surface area contributed by atoms with E-state index in [1.165, 1.54) is 0 Å². The van der Waals surface area contributed by atoms with Crippen LogP contribution in [-0.2, 0) is 4.74 Å². The predicted octanol–water partition coefficient (Wildman–Crippen LogP) is 0.769. The van der Waals surface area contributed by atoms with Gasteiger partial charge < -0.3 is 15.0 Å². The van der Waals surface area contributed by atoms with Gasteiger partial charge in [-0.3, -0.25) is 4.79 Å². The summed E-state index contributed by atoms with van der Waals surface area (Å²) in [4.78, 5) is 25.8. The zero-order valence-electron chi connectivity index (χ0n) is 12.6. The molecule has 0 atom stereocenters. The molecule has 7 heteroatoms. The van der Waals surface area contributed by atoms with Crippen molar-refractivity contribution in [1.29, 1.82) is 0 Å². The highest BCUT2D eigenvalue weighted by atomic mass is 16.5. The van der Waals surface area contributed by atoms with Gasteiger partial charge in [-0.1, -0.05) is 0 Å². The highest BCUT2D eigenvalue weighted by Crippen LogP contribution is 2.26. The minimum absolute atomic E-state index is 0.00162. The third-order valence-electron chi connectivity index (χ3n) is 4.41. The SMILES string of the molecule is O=C(NC1CCC(n2ncccc2=O)CC1)N1CCOCC1. The number of hydrogen-bond donors (Lipinski definition) is 1. The van der Waals surface area contributed by atoms with E-state index in [-0.39, 0.29) is 23.7 Å². The number of rotatable bonds is 2. The fourth-order valence-corrected chi connectivity index (χ4v) is 3.14. The number of urea groups is 1. The summed E-state index contributed by atoms with van der Waals surface area (Å²) in [7, 11) is 0. The summed E-state index contributed by atoms with van der Waals surface area (Å²) in [5.41, 5.74) is -0.0525. The van der Waals surface area contributed by atoms with E-state index in [0.29, 0.717) is 26.3 Å². The number of carbonyl (C=O) groups excluding carboxylic acids is 1. The van der Waals surface area contributed by atoms with E-state index in [9.17, 15) is 9.59 Å². The lowest BCUT2D eigenvalue weighted by Crippen LogP contribution is -2.50. The van der Waals surface area contributed by atoms with Crippen molar-refractivity contribution >= 4 is 6.03 Å². The third-order valence-corrected chi connectivity index (χ3v) is 4.41. The molecule has 0 bridgehead atoms. The molecule has 22 heavy (non-hydrogen) atoms. The number of ether oxygens (including phenoxy) is 1. The molecule has 2 amide bonds. The Balaban J connectivity index is 1.50. The van der Waals surface area contributed by atoms with Gasteiger partial charge in [-0.25, -0.2) is 9.48 Å². The van der Waals surface area contributed by atoms with E-state index in [2.05, 4.69) is 10.4 Å². The molecule has 0 radical (unpaired) electrons. The Bertz CT molecular complexity index is 560. The second kappa shape index (κ2) is 6.91. The lowest BCUT2D eigenvalue weighted by atomic mass is 9.91. The van der Waals surface area contributed by atoms with Crippen LogP contribution in [0.4, 0.5) is 4.79 Å². The maximum absolute atomic E-state index is 12.2. The minimum atomic E-state index is -0.0525. The Labute approximate surface area is 129 Å². The van der Waals surface area contributed by atoms with Gasteiger partial charge in [0, 0.05) is 31.4 Å². The smallest absolute Gasteiger partial charge is 0.317 e. The van der Waals surface area contributed by atoms with Gasteiger partial charge in [0.1, 0.15) is 0 Å². The zero-order chi connectivity index (χ0) is 15.4. The molecule has 2 aliphatic rings. The van der Waals surface area contributed by atoms with Crippen LogP contribution < -0.4 is 10.9 Å². The molecule has 0 spiro atoms. The van der Waals surface area contributed by atoms with E-state index in [4.69, 9.17) is 4.74 Å². The fraction of sp³-hybridized carbons (Fsp3) is 0.667. The summed E-state index contributed by atoms with van der Waals surface area (Å²) in [6.45, 7) is 2.54. The van der Waals surface area contributed by atoms with Gasteiger partial charge in [-0.15, -0.1) is 0 Å². The van der Waals surface area contributed by atoms with Gasteiger partial charge in [0.15, 0.2) is 0 Å². The third kappa shape index (κ3) is 3.47. The van der Waals surface area contributed by atoms with E-state index in [0.717, 1.165) is 25.7 Å². The van der Waals surface area contributed by atoms with Crippen LogP contribution in [0.2, 0.25) is 0 Å². The first kappa shape index (κ1) is 15.0. The topological polar surface area (TPSA) is 76.5 Å². The minimum Gasteiger partial charge on any atom is -0.378 e. The van der Waals surface area contributed by atoms with Crippen molar-refractivity contribution in [2.24, 2.45) is 0 Å². The molecule has 1 aromatic heterocycles. The molecule has 1 saturated heterocycles. The molecule has 2 fully saturated rings. The van der Waals surface area contributed by atoms with Gasteiger partial charge in [0.05, 0.1) is 19.3 Å². The number of morpholine rings is 1. The predicted molar refractivity (Wildman–Crippen MR) is 80.7 cm³/mol. The van der Waals surface area contributed by atoms with Crippen LogP contribution in [0.15, 0.2) is 23.1 Å². The van der Waals surface area contributed by atoms with Crippen LogP contribution in [0.5, 0.6) is 0 Å². The molecule has 2 heterocycles. The maximum atomic E-state index is 12.2. The van der Waals surface area contributed by atoms with Crippen molar-refractivity contribution in [3.05, 3.63) is 28.7 Å². The molecule has 1 saturated carbocycles. The highest BCUT2D eigenvalue weighted by Gasteiger charge is 2.26. The molecule has 120 valence electrons. The molecule has 0 unspecified atom stereocenters. The van der Waals surface area contributed by atoms with Crippen molar-refractivity contribution in [2.75, 3.05) is 26.3 Å². The second-order valence-corrected chi connectivity index (χ2v) is 5.86. The Morgan fingerprint density at radius 2 is 1.95 bits per heavy atom. The Morgan fingerprint density at radius 1 is 1.23 bits per heavy atom. The summed E-state index contributed by atoms with van der Waals surface area (Å²) < 4.78 is 6.82. The average molecular weight is 306 g/mol. The van der Waals surface area contributed by atoms with Crippen molar-refractivity contribution in [3.63, 3.8) is 0 Å². The van der Waals surface area contributed by atoms with E-state index < -0.39 is 0 Å². The van der Waals surface area contributed by atoms with Crippen LogP contribution in [0.25, 0.3) is 0 Å². The van der Waals surface area contributed by atoms with Crippen LogP contribution in [0, 0.1) is 0 Å². The molecule has 1 aromatic rings. The molecule has 3 rings (SSSR count). The van der Waals surface area contributed by atoms with E-state index in [1.807, 2.05) is 0 Å². The summed E-state index contributed by atoms with van der Waals surface area (Å²) >= 11 is 0. The van der Waals surface area contributed by atoms with Crippen LogP contribution >= 0.6 is 0 Å². The lowest BCUT2D eigenvalue weighted by Gasteiger charge is -2.32. The maximum Gasteiger partial charge on any atom is 0.317 e. The Kier molecular flexibility index (Phi) is 4.72. The number of nitrogens with zero attached hydrogens (tertiary/aromatic N) is 3. The molecule has 1 aliphatic heterocycles. The fourth-order valence-electron chi connectivity index (χ4n) is 3.14. The largest absolute Gasteiger partial charge is 0.378 e. The van der Waals surface area contributed by atoms with E-state index >= 15 is 0 Å². The number of aromatic nitrogens is 2. The van der Waals surface area contributed by atoms with Crippen LogP contribution in [-0.4, -0.2) is 53.1 Å². The summed E-state index contributed by atoms with van der Waals surface area (Å²) in [6, 6.07) is 3.53. The Morgan fingerprint density at radius 3 is 2.64 bits per heavy atom. The first-order valence-corrected chi connectivity index (χ1v) is 7.91. The van der Waals surface area contributed by atoms with Crippen molar-refractivity contribution in [1.82, 2.24) is 20.0 Å². The molecular formula is C15H22N4O3. The molecule has 1 aliphatic carbocycles. The Hall–Kier alpha value is -1.89. The van der Waals surface area contributed by atoms with Crippen molar-refractivity contribution in [3.8, 4) is 0 Å². The standard InChI is InChI=1S/C15H22N4O3/c20-14-2-1-7-16-19(14)13-5-3-12(4-6-13)17-15(21)18-8-10-22-11-9-18/h1-2,7,12-13H,3-6,8-11H2,(H,17,21). The number of amides is 2. The van der Waals surface area contributed by atoms with E-state index in [1.54, 1.807) is 27.9 Å². The van der Waals surface area contributed by atoms with Crippen LogP contribution in [0.1, 0.15) is 31.7 Å². The summed E-state index contributed by atoms with van der Waals surface area (Å²) in [6.07, 6.45) is 5.14. The van der Waals surface area contributed by atoms with Crippen molar-refractivity contribution < 1.29 is 9.53 Å². The first-order chi connectivity index (χ1) is 10.7. The molecular weight excluding hydrogens is 284 g/mol. The monoisotopic (exact) mass is 306 g/mol. The zero-order valence-corrected chi connectivity index (χ0v) is 12.6. The van der Waals surface area contributed by atoms with Gasteiger partial charge >= 0.3 is 6.03 Å². The highest BCUT2D eigenvalue weighted by molar-refractivity contribution is 5.74. The first-order valence-electron chi connectivity index (χ1n) is 7.91. The van der Waals surface area contributed by atoms with Crippen molar-refractivity contribution in [2.45, 2.75) is 37.8 Å². The summed E-state index contributed by atoms with van der Waals surface area (Å²) in [5.74, 6) is 0. The van der Waals surface area contributed by atoms with Gasteiger partial charge in [0.2, 0.25) is 0 Å². The normalized spacial score (nSPS) is 25.7. The molecule has 0 aromatic carbocycles. The second-order valence-electron chi connectivity index (χ2n) is 5.86. The van der Waals surface area contributed by atoms with Gasteiger partial charge in [0.25, 0.3) is 5.56 Å².